The highest BCUT2D eigenvalue weighted by Crippen LogP contribution is 2.25. The maximum absolute atomic E-state index is 11.9. The van der Waals surface area contributed by atoms with Crippen molar-refractivity contribution in [2.75, 3.05) is 39.1 Å². The first-order chi connectivity index (χ1) is 10.5. The molecule has 1 saturated carbocycles. The van der Waals surface area contributed by atoms with Crippen molar-refractivity contribution < 1.29 is 13.2 Å². The molecule has 1 atom stereocenters. The molecule has 3 N–H and O–H groups in total. The Morgan fingerprint density at radius 3 is 2.61 bits per heavy atom. The number of ether oxygens (including phenoxy) is 1. The summed E-state index contributed by atoms with van der Waals surface area (Å²) in [6.07, 6.45) is 3.48. The monoisotopic (exact) mass is 462 g/mol. The molecule has 0 amide bonds. The van der Waals surface area contributed by atoms with E-state index in [1.807, 2.05) is 13.8 Å². The van der Waals surface area contributed by atoms with E-state index in [0.717, 1.165) is 19.4 Å². The van der Waals surface area contributed by atoms with Crippen LogP contribution in [0.2, 0.25) is 0 Å². The first-order valence-electron chi connectivity index (χ1n) is 7.98. The van der Waals surface area contributed by atoms with Gasteiger partial charge in [-0.1, -0.05) is 6.42 Å². The lowest BCUT2D eigenvalue weighted by Crippen LogP contribution is -2.44. The van der Waals surface area contributed by atoms with E-state index in [1.54, 1.807) is 7.11 Å². The molecule has 138 valence electrons. The molecule has 0 aromatic carbocycles. The molecule has 0 saturated heterocycles. The second-order valence-corrected chi connectivity index (χ2v) is 7.65. The zero-order chi connectivity index (χ0) is 16.4. The lowest BCUT2D eigenvalue weighted by molar-refractivity contribution is 0.179. The van der Waals surface area contributed by atoms with Crippen LogP contribution in [-0.4, -0.2) is 59.5 Å². The molecule has 0 spiro atoms. The Morgan fingerprint density at radius 2 is 2.09 bits per heavy atom. The predicted octanol–water partition coefficient (Wildman–Crippen LogP) is 0.914. The molecule has 0 aromatic rings. The molecule has 1 aliphatic rings. The molecule has 0 bridgehead atoms. The molecule has 0 heterocycles. The largest absolute Gasteiger partial charge is 0.383 e. The Balaban J connectivity index is 0.00000484. The fourth-order valence-corrected chi connectivity index (χ4v) is 3.10. The van der Waals surface area contributed by atoms with E-state index in [1.165, 1.54) is 6.42 Å². The molecule has 1 aliphatic carbocycles. The number of hydrogen-bond acceptors (Lipinski definition) is 4. The Morgan fingerprint density at radius 1 is 1.39 bits per heavy atom. The second-order valence-electron chi connectivity index (χ2n) is 5.73. The van der Waals surface area contributed by atoms with E-state index in [9.17, 15) is 8.42 Å². The summed E-state index contributed by atoms with van der Waals surface area (Å²) in [6, 6.07) is 0.108. The number of aliphatic imine (C=N–C) groups is 1. The van der Waals surface area contributed by atoms with Crippen LogP contribution < -0.4 is 15.4 Å². The lowest BCUT2D eigenvalue weighted by atomic mass is 9.86. The van der Waals surface area contributed by atoms with E-state index in [2.05, 4.69) is 20.3 Å². The average molecular weight is 462 g/mol. The number of hydrogen-bond donors (Lipinski definition) is 3. The molecule has 0 aliphatic heterocycles. The lowest BCUT2D eigenvalue weighted by Gasteiger charge is -2.25. The molecule has 1 rings (SSSR count). The van der Waals surface area contributed by atoms with Gasteiger partial charge in [-0.15, -0.1) is 24.0 Å². The molecule has 0 aromatic heterocycles. The Kier molecular flexibility index (Phi) is 12.2. The van der Waals surface area contributed by atoms with Gasteiger partial charge >= 0.3 is 0 Å². The minimum absolute atomic E-state index is 0. The highest BCUT2D eigenvalue weighted by Gasteiger charge is 2.19. The van der Waals surface area contributed by atoms with Crippen molar-refractivity contribution >= 4 is 40.0 Å². The van der Waals surface area contributed by atoms with Crippen LogP contribution in [0.15, 0.2) is 4.99 Å². The Bertz CT molecular complexity index is 441. The number of methoxy groups -OCH3 is 1. The van der Waals surface area contributed by atoms with Gasteiger partial charge in [0.15, 0.2) is 5.96 Å². The minimum Gasteiger partial charge on any atom is -0.383 e. The summed E-state index contributed by atoms with van der Waals surface area (Å²) < 4.78 is 31.5. The van der Waals surface area contributed by atoms with Crippen LogP contribution in [0.5, 0.6) is 0 Å². The van der Waals surface area contributed by atoms with Gasteiger partial charge in [-0.2, -0.15) is 0 Å². The first kappa shape index (κ1) is 22.9. The summed E-state index contributed by atoms with van der Waals surface area (Å²) in [7, 11) is -1.60. The quantitative estimate of drug-likeness (QED) is 0.255. The van der Waals surface area contributed by atoms with Crippen LogP contribution in [0, 0.1) is 5.92 Å². The molecule has 0 radical (unpaired) electrons. The van der Waals surface area contributed by atoms with Crippen LogP contribution in [0.25, 0.3) is 0 Å². The Labute approximate surface area is 157 Å². The van der Waals surface area contributed by atoms with Crippen LogP contribution in [0.4, 0.5) is 0 Å². The van der Waals surface area contributed by atoms with Crippen molar-refractivity contribution in [3.05, 3.63) is 0 Å². The molecule has 1 fully saturated rings. The number of guanidine groups is 1. The van der Waals surface area contributed by atoms with Crippen molar-refractivity contribution in [1.82, 2.24) is 15.4 Å². The number of nitrogens with one attached hydrogen (secondary N) is 3. The molecular formula is C14H31IN4O3S. The summed E-state index contributed by atoms with van der Waals surface area (Å²) in [5, 5.41) is 6.27. The number of halogens is 1. The van der Waals surface area contributed by atoms with Crippen LogP contribution in [0.3, 0.4) is 0 Å². The fourth-order valence-electron chi connectivity index (χ4n) is 2.14. The zero-order valence-corrected chi connectivity index (χ0v) is 17.4. The van der Waals surface area contributed by atoms with Crippen LogP contribution in [0.1, 0.15) is 33.1 Å². The van der Waals surface area contributed by atoms with Gasteiger partial charge in [0, 0.05) is 26.2 Å². The van der Waals surface area contributed by atoms with E-state index >= 15 is 0 Å². The van der Waals surface area contributed by atoms with Gasteiger partial charge in [0.05, 0.1) is 18.9 Å². The predicted molar refractivity (Wildman–Crippen MR) is 105 cm³/mol. The van der Waals surface area contributed by atoms with Gasteiger partial charge in [-0.25, -0.2) is 13.1 Å². The third kappa shape index (κ3) is 10.4. The van der Waals surface area contributed by atoms with Crippen LogP contribution >= 0.6 is 24.0 Å². The number of sulfonamides is 1. The maximum atomic E-state index is 11.9. The summed E-state index contributed by atoms with van der Waals surface area (Å²) >= 11 is 0. The minimum atomic E-state index is -3.24. The second kappa shape index (κ2) is 12.3. The van der Waals surface area contributed by atoms with Gasteiger partial charge in [0.25, 0.3) is 0 Å². The van der Waals surface area contributed by atoms with Gasteiger partial charge < -0.3 is 15.4 Å². The van der Waals surface area contributed by atoms with Gasteiger partial charge in [-0.05, 0) is 32.6 Å². The summed E-state index contributed by atoms with van der Waals surface area (Å²) in [6.45, 7) is 6.02. The van der Waals surface area contributed by atoms with Crippen molar-refractivity contribution in [3.63, 3.8) is 0 Å². The SMILES string of the molecule is CCNC(=NCCS(=O)(=O)NCC1CCC1)NC(C)COC.I. The van der Waals surface area contributed by atoms with Crippen LogP contribution in [-0.2, 0) is 14.8 Å². The van der Waals surface area contributed by atoms with Gasteiger partial charge in [-0.3, -0.25) is 4.99 Å². The number of rotatable bonds is 10. The maximum Gasteiger partial charge on any atom is 0.213 e. The molecular weight excluding hydrogens is 431 g/mol. The standard InChI is InChI=1S/C14H30N4O3S.HI/c1-4-15-14(18-12(2)11-21-3)16-8-9-22(19,20)17-10-13-6-5-7-13;/h12-13,17H,4-11H2,1-3H3,(H2,15,16,18);1H. The summed E-state index contributed by atoms with van der Waals surface area (Å²) in [4.78, 5) is 4.30. The van der Waals surface area contributed by atoms with Crippen molar-refractivity contribution in [1.29, 1.82) is 0 Å². The van der Waals surface area contributed by atoms with Crippen molar-refractivity contribution in [2.24, 2.45) is 10.9 Å². The molecule has 7 nitrogen and oxygen atoms in total. The fraction of sp³-hybridized carbons (Fsp3) is 0.929. The van der Waals surface area contributed by atoms with Gasteiger partial charge in [0.1, 0.15) is 0 Å². The normalized spacial score (nSPS) is 17.1. The zero-order valence-electron chi connectivity index (χ0n) is 14.3. The third-order valence-corrected chi connectivity index (χ3v) is 4.92. The smallest absolute Gasteiger partial charge is 0.213 e. The summed E-state index contributed by atoms with van der Waals surface area (Å²) in [5.74, 6) is 1.14. The van der Waals surface area contributed by atoms with E-state index < -0.39 is 10.0 Å². The Hall–Kier alpha value is -0.130. The molecule has 23 heavy (non-hydrogen) atoms. The summed E-state index contributed by atoms with van der Waals surface area (Å²) in [5.41, 5.74) is 0. The van der Waals surface area contributed by atoms with Crippen molar-refractivity contribution in [3.8, 4) is 0 Å². The molecule has 1 unspecified atom stereocenters. The topological polar surface area (TPSA) is 91.8 Å². The average Bonchev–Trinajstić information content (AvgIpc) is 2.36. The molecule has 9 heteroatoms. The van der Waals surface area contributed by atoms with E-state index in [0.29, 0.717) is 25.0 Å². The highest BCUT2D eigenvalue weighted by atomic mass is 127. The van der Waals surface area contributed by atoms with Gasteiger partial charge in [0.2, 0.25) is 10.0 Å². The number of nitrogens with zero attached hydrogens (tertiary/aromatic N) is 1. The van der Waals surface area contributed by atoms with E-state index in [-0.39, 0.29) is 42.3 Å². The highest BCUT2D eigenvalue weighted by molar-refractivity contribution is 14.0. The van der Waals surface area contributed by atoms with Crippen molar-refractivity contribution in [2.45, 2.75) is 39.2 Å². The first-order valence-corrected chi connectivity index (χ1v) is 9.63. The third-order valence-electron chi connectivity index (χ3n) is 3.59. The van der Waals surface area contributed by atoms with E-state index in [4.69, 9.17) is 4.74 Å².